The molecule has 2 aliphatic rings. The molecule has 2 aromatic carbocycles. The van der Waals surface area contributed by atoms with E-state index in [0.29, 0.717) is 24.1 Å². The van der Waals surface area contributed by atoms with E-state index in [1.807, 2.05) is 19.1 Å². The molecule has 39 heavy (non-hydrogen) atoms. The number of fused-ring (bicyclic) bond motifs is 1. The van der Waals surface area contributed by atoms with Gasteiger partial charge in [0.15, 0.2) is 0 Å². The molecule has 4 rings (SSSR count). The lowest BCUT2D eigenvalue weighted by Gasteiger charge is -2.36. The first kappa shape index (κ1) is 28.5. The molecule has 10 heteroatoms. The SMILES string of the molecule is CCOC(=O)C1CC(CC)=CCN1C(=O)[C@H](Cc1cccc(C#N)c1)NS(=O)(=O)c1ccc2c(c1)CNCC2. The summed E-state index contributed by atoms with van der Waals surface area (Å²) in [6.45, 7) is 5.44. The number of carbonyl (C=O) groups is 2. The van der Waals surface area contributed by atoms with Gasteiger partial charge in [-0.25, -0.2) is 13.2 Å². The molecule has 2 atom stereocenters. The smallest absolute Gasteiger partial charge is 0.329 e. The van der Waals surface area contributed by atoms with Crippen LogP contribution in [-0.2, 0) is 43.7 Å². The van der Waals surface area contributed by atoms with Crippen LogP contribution < -0.4 is 10.0 Å². The molecule has 0 saturated heterocycles. The van der Waals surface area contributed by atoms with Crippen LogP contribution in [0.1, 0.15) is 48.9 Å². The summed E-state index contributed by atoms with van der Waals surface area (Å²) in [4.78, 5) is 28.3. The van der Waals surface area contributed by atoms with Crippen LogP contribution in [0.15, 0.2) is 59.0 Å². The van der Waals surface area contributed by atoms with Crippen LogP contribution in [0.5, 0.6) is 0 Å². The quantitative estimate of drug-likeness (QED) is 0.363. The van der Waals surface area contributed by atoms with E-state index in [1.54, 1.807) is 43.3 Å². The number of benzene rings is 2. The lowest BCUT2D eigenvalue weighted by molar-refractivity contribution is -0.155. The van der Waals surface area contributed by atoms with E-state index >= 15 is 0 Å². The number of sulfonamides is 1. The largest absolute Gasteiger partial charge is 0.464 e. The maximum atomic E-state index is 14.0. The molecular weight excluding hydrogens is 516 g/mol. The Morgan fingerprint density at radius 2 is 2.03 bits per heavy atom. The summed E-state index contributed by atoms with van der Waals surface area (Å²) in [6, 6.07) is 11.8. The minimum atomic E-state index is -4.10. The lowest BCUT2D eigenvalue weighted by atomic mass is 9.96. The molecule has 2 heterocycles. The highest BCUT2D eigenvalue weighted by Gasteiger charge is 2.38. The van der Waals surface area contributed by atoms with Crippen LogP contribution >= 0.6 is 0 Å². The molecule has 0 spiro atoms. The third-order valence-electron chi connectivity index (χ3n) is 7.17. The van der Waals surface area contributed by atoms with Gasteiger partial charge in [0.1, 0.15) is 12.1 Å². The van der Waals surface area contributed by atoms with Crippen LogP contribution in [0.25, 0.3) is 0 Å². The standard InChI is InChI=1S/C29H34N4O5S/c1-3-20-11-13-33(27(16-20)29(35)38-4-2)28(34)26(15-21-6-5-7-22(14-21)18-30)32-39(36,37)25-9-8-23-10-12-31-19-24(23)17-25/h5-9,11,14,17,26-27,31-32H,3-4,10,12-13,15-16,19H2,1-2H3/t26-,27?/m0/s1. The summed E-state index contributed by atoms with van der Waals surface area (Å²) in [6.07, 6.45) is 3.81. The molecule has 1 unspecified atom stereocenters. The second-order valence-corrected chi connectivity index (χ2v) is 11.4. The van der Waals surface area contributed by atoms with Gasteiger partial charge in [-0.05, 0) is 80.1 Å². The highest BCUT2D eigenvalue weighted by atomic mass is 32.2. The summed E-state index contributed by atoms with van der Waals surface area (Å²) < 4.78 is 35.1. The third kappa shape index (κ3) is 6.74. The third-order valence-corrected chi connectivity index (χ3v) is 8.64. The zero-order valence-electron chi connectivity index (χ0n) is 22.3. The first-order valence-electron chi connectivity index (χ1n) is 13.2. The average molecular weight is 551 g/mol. The van der Waals surface area contributed by atoms with Crippen LogP contribution in [0.4, 0.5) is 0 Å². The molecule has 2 N–H and O–H groups in total. The zero-order chi connectivity index (χ0) is 28.0. The number of nitriles is 1. The Morgan fingerprint density at radius 3 is 2.77 bits per heavy atom. The number of esters is 1. The van der Waals surface area contributed by atoms with E-state index in [0.717, 1.165) is 36.1 Å². The highest BCUT2D eigenvalue weighted by Crippen LogP contribution is 2.24. The second-order valence-electron chi connectivity index (χ2n) is 9.73. The van der Waals surface area contributed by atoms with Crippen LogP contribution in [0.2, 0.25) is 0 Å². The average Bonchev–Trinajstić information content (AvgIpc) is 2.96. The molecular formula is C29H34N4O5S. The summed E-state index contributed by atoms with van der Waals surface area (Å²) in [5.74, 6) is -1.04. The van der Waals surface area contributed by atoms with E-state index in [2.05, 4.69) is 16.1 Å². The van der Waals surface area contributed by atoms with Crippen LogP contribution in [-0.4, -0.2) is 57.0 Å². The molecule has 2 aromatic rings. The van der Waals surface area contributed by atoms with Crippen molar-refractivity contribution in [1.29, 1.82) is 5.26 Å². The van der Waals surface area contributed by atoms with E-state index in [4.69, 9.17) is 4.74 Å². The van der Waals surface area contributed by atoms with Crippen molar-refractivity contribution in [2.45, 2.75) is 63.1 Å². The van der Waals surface area contributed by atoms with Crippen molar-refractivity contribution in [3.63, 3.8) is 0 Å². The Balaban J connectivity index is 1.68. The Kier molecular flexibility index (Phi) is 9.17. The van der Waals surface area contributed by atoms with Crippen molar-refractivity contribution in [1.82, 2.24) is 14.9 Å². The van der Waals surface area contributed by atoms with Crippen molar-refractivity contribution in [2.24, 2.45) is 0 Å². The molecule has 0 fully saturated rings. The van der Waals surface area contributed by atoms with Gasteiger partial charge in [0.25, 0.3) is 0 Å². The van der Waals surface area contributed by atoms with Gasteiger partial charge in [-0.15, -0.1) is 0 Å². The van der Waals surface area contributed by atoms with E-state index in [9.17, 15) is 23.3 Å². The summed E-state index contributed by atoms with van der Waals surface area (Å²) in [7, 11) is -4.10. The first-order chi connectivity index (χ1) is 18.7. The molecule has 0 bridgehead atoms. The first-order valence-corrected chi connectivity index (χ1v) is 14.7. The van der Waals surface area contributed by atoms with Crippen molar-refractivity contribution >= 4 is 21.9 Å². The minimum Gasteiger partial charge on any atom is -0.464 e. The van der Waals surface area contributed by atoms with Crippen molar-refractivity contribution < 1.29 is 22.7 Å². The maximum Gasteiger partial charge on any atom is 0.329 e. The minimum absolute atomic E-state index is 0.0104. The number of carbonyl (C=O) groups excluding carboxylic acids is 2. The van der Waals surface area contributed by atoms with Gasteiger partial charge in [0.2, 0.25) is 15.9 Å². The monoisotopic (exact) mass is 550 g/mol. The van der Waals surface area contributed by atoms with Gasteiger partial charge in [0, 0.05) is 13.1 Å². The van der Waals surface area contributed by atoms with Crippen molar-refractivity contribution in [3.8, 4) is 6.07 Å². The molecule has 0 aliphatic carbocycles. The fourth-order valence-electron chi connectivity index (χ4n) is 5.04. The number of nitrogens with zero attached hydrogens (tertiary/aromatic N) is 2. The van der Waals surface area contributed by atoms with E-state index in [-0.39, 0.29) is 24.5 Å². The number of nitrogens with one attached hydrogen (secondary N) is 2. The van der Waals surface area contributed by atoms with Crippen molar-refractivity contribution in [3.05, 3.63) is 76.4 Å². The fraction of sp³-hybridized carbons (Fsp3) is 0.414. The lowest BCUT2D eigenvalue weighted by Crippen LogP contribution is -2.56. The summed E-state index contributed by atoms with van der Waals surface area (Å²) in [5.41, 5.74) is 4.07. The summed E-state index contributed by atoms with van der Waals surface area (Å²) >= 11 is 0. The second kappa shape index (κ2) is 12.6. The highest BCUT2D eigenvalue weighted by molar-refractivity contribution is 7.89. The van der Waals surface area contributed by atoms with Gasteiger partial charge >= 0.3 is 5.97 Å². The van der Waals surface area contributed by atoms with Gasteiger partial charge in [-0.2, -0.15) is 9.98 Å². The molecule has 0 saturated carbocycles. The van der Waals surface area contributed by atoms with Crippen LogP contribution in [0.3, 0.4) is 0 Å². The molecule has 2 aliphatic heterocycles. The number of ether oxygens (including phenoxy) is 1. The number of hydrogen-bond donors (Lipinski definition) is 2. The van der Waals surface area contributed by atoms with Gasteiger partial charge in [-0.1, -0.05) is 36.8 Å². The van der Waals surface area contributed by atoms with Gasteiger partial charge in [-0.3, -0.25) is 4.79 Å². The van der Waals surface area contributed by atoms with Gasteiger partial charge in [0.05, 0.1) is 23.1 Å². The number of hydrogen-bond acceptors (Lipinski definition) is 7. The molecule has 0 aromatic heterocycles. The molecule has 9 nitrogen and oxygen atoms in total. The van der Waals surface area contributed by atoms with Gasteiger partial charge < -0.3 is 15.0 Å². The number of rotatable bonds is 9. The fourth-order valence-corrected chi connectivity index (χ4v) is 6.28. The topological polar surface area (TPSA) is 129 Å². The van der Waals surface area contributed by atoms with Crippen LogP contribution in [0, 0.1) is 11.3 Å². The zero-order valence-corrected chi connectivity index (χ0v) is 23.1. The normalized spacial score (nSPS) is 17.9. The van der Waals surface area contributed by atoms with E-state index < -0.39 is 34.0 Å². The Morgan fingerprint density at radius 1 is 1.21 bits per heavy atom. The Labute approximate surface area is 229 Å². The van der Waals surface area contributed by atoms with E-state index in [1.165, 1.54) is 4.90 Å². The Hall–Kier alpha value is -3.52. The summed E-state index contributed by atoms with van der Waals surface area (Å²) in [5, 5.41) is 12.6. The molecule has 1 amide bonds. The Bertz CT molecular complexity index is 1410. The molecule has 206 valence electrons. The maximum absolute atomic E-state index is 14.0. The van der Waals surface area contributed by atoms with Crippen molar-refractivity contribution in [2.75, 3.05) is 19.7 Å². The predicted molar refractivity (Wildman–Crippen MR) is 146 cm³/mol. The number of amides is 1. The molecule has 0 radical (unpaired) electrons. The predicted octanol–water partition coefficient (Wildman–Crippen LogP) is 2.59.